The Morgan fingerprint density at radius 2 is 1.64 bits per heavy atom. The normalized spacial score (nSPS) is 12.9. The molecule has 0 bridgehead atoms. The lowest BCUT2D eigenvalue weighted by atomic mass is 9.81. The Labute approximate surface area is 74.5 Å². The van der Waals surface area contributed by atoms with Gasteiger partial charge < -0.3 is 0 Å². The van der Waals surface area contributed by atoms with E-state index in [-0.39, 0.29) is 0 Å². The van der Waals surface area contributed by atoms with Crippen molar-refractivity contribution in [2.24, 2.45) is 11.8 Å². The molecule has 0 atom stereocenters. The number of hydrogen-bond donors (Lipinski definition) is 0. The molecule has 0 saturated carbocycles. The maximum Gasteiger partial charge on any atom is 0.0117 e. The van der Waals surface area contributed by atoms with E-state index < -0.39 is 0 Å². The number of allylic oxidation sites excluding steroid dienone is 1. The lowest BCUT2D eigenvalue weighted by molar-refractivity contribution is 0.315. The van der Waals surface area contributed by atoms with E-state index >= 15 is 0 Å². The summed E-state index contributed by atoms with van der Waals surface area (Å²) >= 11 is 0. The van der Waals surface area contributed by atoms with Crippen molar-refractivity contribution >= 4 is 10.2 Å². The second-order valence-electron chi connectivity index (χ2n) is 4.31. The minimum atomic E-state index is 0.571. The highest BCUT2D eigenvalue weighted by Crippen LogP contribution is 2.43. The van der Waals surface area contributed by atoms with Crippen LogP contribution in [-0.2, 0) is 0 Å². The van der Waals surface area contributed by atoms with Crippen molar-refractivity contribution in [1.29, 1.82) is 0 Å². The highest BCUT2D eigenvalue weighted by atomic mass is 28.1. The van der Waals surface area contributed by atoms with Gasteiger partial charge in [0, 0.05) is 10.2 Å². The number of rotatable bonds is 4. The van der Waals surface area contributed by atoms with Gasteiger partial charge in [-0.25, -0.2) is 0 Å². The fourth-order valence-corrected chi connectivity index (χ4v) is 1.74. The van der Waals surface area contributed by atoms with E-state index in [1.807, 2.05) is 0 Å². The van der Waals surface area contributed by atoms with E-state index in [0.717, 1.165) is 11.8 Å². The molecule has 0 aliphatic rings. The topological polar surface area (TPSA) is 0 Å². The lowest BCUT2D eigenvalue weighted by Crippen LogP contribution is -2.25. The molecule has 0 unspecified atom stereocenters. The smallest absolute Gasteiger partial charge is 0.0117 e. The monoisotopic (exact) mass is 170 g/mol. The van der Waals surface area contributed by atoms with Crippen molar-refractivity contribution in [3.8, 4) is 0 Å². The fraction of sp³-hybridized carbons (Fsp3) is 0.800. The standard InChI is InChI=1S/C10H22Si/c1-6-7-10(11,8(2)3)9(4)5/h6,8-9H,1,7H2,2-5,11H3. The molecule has 0 N–H and O–H groups in total. The minimum absolute atomic E-state index is 0.571. The number of hydrogen-bond acceptors (Lipinski definition) is 0. The molecule has 0 nitrogen and oxygen atoms in total. The van der Waals surface area contributed by atoms with Gasteiger partial charge in [0.05, 0.1) is 0 Å². The van der Waals surface area contributed by atoms with Gasteiger partial charge in [-0.2, -0.15) is 0 Å². The molecule has 0 fully saturated rings. The molecular formula is C10H22Si. The van der Waals surface area contributed by atoms with Crippen LogP contribution >= 0.6 is 0 Å². The molecule has 0 aromatic rings. The van der Waals surface area contributed by atoms with Crippen molar-refractivity contribution < 1.29 is 0 Å². The van der Waals surface area contributed by atoms with Crippen LogP contribution in [0.15, 0.2) is 12.7 Å². The Morgan fingerprint density at radius 3 is 1.73 bits per heavy atom. The van der Waals surface area contributed by atoms with Crippen LogP contribution in [0.4, 0.5) is 0 Å². The molecule has 0 radical (unpaired) electrons. The molecule has 0 aliphatic heterocycles. The van der Waals surface area contributed by atoms with Crippen LogP contribution in [0.25, 0.3) is 0 Å². The zero-order valence-electron chi connectivity index (χ0n) is 8.65. The molecule has 66 valence electrons. The highest BCUT2D eigenvalue weighted by Gasteiger charge is 2.29. The predicted molar refractivity (Wildman–Crippen MR) is 57.1 cm³/mol. The Bertz CT molecular complexity index is 117. The van der Waals surface area contributed by atoms with E-state index in [2.05, 4.69) is 40.3 Å². The first kappa shape index (κ1) is 11.0. The van der Waals surface area contributed by atoms with Crippen molar-refractivity contribution in [3.63, 3.8) is 0 Å². The molecule has 0 aromatic heterocycles. The van der Waals surface area contributed by atoms with Gasteiger partial charge in [-0.05, 0) is 23.3 Å². The summed E-state index contributed by atoms with van der Waals surface area (Å²) in [6, 6.07) is 0. The lowest BCUT2D eigenvalue weighted by Gasteiger charge is -2.37. The second-order valence-corrected chi connectivity index (χ2v) is 6.17. The van der Waals surface area contributed by atoms with E-state index in [1.165, 1.54) is 16.7 Å². The zero-order valence-corrected chi connectivity index (χ0v) is 10.6. The molecule has 0 aromatic carbocycles. The Hall–Kier alpha value is -0.0431. The van der Waals surface area contributed by atoms with Crippen LogP contribution in [0.2, 0.25) is 5.04 Å². The average Bonchev–Trinajstić information content (AvgIpc) is 1.87. The van der Waals surface area contributed by atoms with Crippen molar-refractivity contribution in [2.75, 3.05) is 0 Å². The van der Waals surface area contributed by atoms with Crippen molar-refractivity contribution in [1.82, 2.24) is 0 Å². The van der Waals surface area contributed by atoms with Crippen LogP contribution < -0.4 is 0 Å². The van der Waals surface area contributed by atoms with Crippen molar-refractivity contribution in [2.45, 2.75) is 39.2 Å². The van der Waals surface area contributed by atoms with Gasteiger partial charge in [0.25, 0.3) is 0 Å². The molecule has 11 heavy (non-hydrogen) atoms. The first-order chi connectivity index (χ1) is 4.95. The molecule has 0 aliphatic carbocycles. The SMILES string of the molecule is C=CCC([SiH3])(C(C)C)C(C)C. The molecule has 1 heteroatoms. The Morgan fingerprint density at radius 1 is 1.27 bits per heavy atom. The Balaban J connectivity index is 4.37. The van der Waals surface area contributed by atoms with Gasteiger partial charge in [-0.15, -0.1) is 6.58 Å². The van der Waals surface area contributed by atoms with Gasteiger partial charge in [0.15, 0.2) is 0 Å². The summed E-state index contributed by atoms with van der Waals surface area (Å²) in [5.74, 6) is 1.60. The van der Waals surface area contributed by atoms with E-state index in [4.69, 9.17) is 0 Å². The summed E-state index contributed by atoms with van der Waals surface area (Å²) in [5, 5.41) is 0.571. The summed E-state index contributed by atoms with van der Waals surface area (Å²) < 4.78 is 0. The maximum absolute atomic E-state index is 3.83. The largest absolute Gasteiger partial charge is 0.103 e. The summed E-state index contributed by atoms with van der Waals surface area (Å²) in [7, 11) is 1.28. The third kappa shape index (κ3) is 2.48. The predicted octanol–water partition coefficient (Wildman–Crippen LogP) is 2.40. The molecule has 0 amide bonds. The summed E-state index contributed by atoms with van der Waals surface area (Å²) in [6.07, 6.45) is 3.27. The van der Waals surface area contributed by atoms with Crippen LogP contribution in [0.3, 0.4) is 0 Å². The molecule has 0 heterocycles. The minimum Gasteiger partial charge on any atom is -0.103 e. The van der Waals surface area contributed by atoms with E-state index in [0.29, 0.717) is 5.04 Å². The molecule has 0 spiro atoms. The van der Waals surface area contributed by atoms with Crippen LogP contribution in [0, 0.1) is 11.8 Å². The fourth-order valence-electron chi connectivity index (χ4n) is 1.45. The van der Waals surface area contributed by atoms with Crippen LogP contribution in [-0.4, -0.2) is 10.2 Å². The third-order valence-corrected chi connectivity index (χ3v) is 5.94. The maximum atomic E-state index is 3.83. The van der Waals surface area contributed by atoms with Crippen LogP contribution in [0.5, 0.6) is 0 Å². The first-order valence-electron chi connectivity index (χ1n) is 4.56. The van der Waals surface area contributed by atoms with Gasteiger partial charge >= 0.3 is 0 Å². The van der Waals surface area contributed by atoms with E-state index in [1.54, 1.807) is 0 Å². The summed E-state index contributed by atoms with van der Waals surface area (Å²) in [6.45, 7) is 13.2. The van der Waals surface area contributed by atoms with Gasteiger partial charge in [0.2, 0.25) is 0 Å². The molecule has 0 rings (SSSR count). The molecule has 0 saturated heterocycles. The van der Waals surface area contributed by atoms with Gasteiger partial charge in [0.1, 0.15) is 0 Å². The highest BCUT2D eigenvalue weighted by molar-refractivity contribution is 6.15. The first-order valence-corrected chi connectivity index (χ1v) is 5.56. The second kappa shape index (κ2) is 4.10. The summed E-state index contributed by atoms with van der Waals surface area (Å²) in [4.78, 5) is 0. The average molecular weight is 170 g/mol. The van der Waals surface area contributed by atoms with Crippen molar-refractivity contribution in [3.05, 3.63) is 12.7 Å². The molecular weight excluding hydrogens is 148 g/mol. The third-order valence-electron chi connectivity index (χ3n) is 3.22. The van der Waals surface area contributed by atoms with E-state index in [9.17, 15) is 0 Å². The van der Waals surface area contributed by atoms with Gasteiger partial charge in [-0.3, -0.25) is 0 Å². The quantitative estimate of drug-likeness (QED) is 0.449. The van der Waals surface area contributed by atoms with Crippen LogP contribution in [0.1, 0.15) is 34.1 Å². The zero-order chi connectivity index (χ0) is 9.07. The summed E-state index contributed by atoms with van der Waals surface area (Å²) in [5.41, 5.74) is 0. The van der Waals surface area contributed by atoms with Gasteiger partial charge in [-0.1, -0.05) is 33.8 Å². The Kier molecular flexibility index (Phi) is 4.08.